The highest BCUT2D eigenvalue weighted by atomic mass is 19.1. The number of nitrogens with zero attached hydrogens (tertiary/aromatic N) is 3. The van der Waals surface area contributed by atoms with Crippen LogP contribution in [0.5, 0.6) is 0 Å². The zero-order chi connectivity index (χ0) is 14.4. The number of hydrogen-bond donors (Lipinski definition) is 0. The number of piperidine rings is 1. The van der Waals surface area contributed by atoms with Crippen molar-refractivity contribution in [2.45, 2.75) is 19.3 Å². The van der Waals surface area contributed by atoms with Crippen LogP contribution in [0, 0.1) is 11.2 Å². The van der Waals surface area contributed by atoms with E-state index < -0.39 is 0 Å². The van der Waals surface area contributed by atoms with Gasteiger partial charge in [0.05, 0.1) is 0 Å². The van der Waals surface area contributed by atoms with Crippen molar-refractivity contribution in [2.24, 2.45) is 5.41 Å². The molecule has 0 saturated carbocycles. The van der Waals surface area contributed by atoms with E-state index in [1.807, 2.05) is 0 Å². The van der Waals surface area contributed by atoms with E-state index in [0.717, 1.165) is 13.1 Å². The average molecular weight is 289 g/mol. The molecule has 3 heterocycles. The molecule has 1 aromatic heterocycles. The Balaban J connectivity index is 1.56. The molecule has 0 unspecified atom stereocenters. The topological polar surface area (TPSA) is 32.5 Å². The number of oxazole rings is 1. The molecular weight excluding hydrogens is 269 g/mol. The van der Waals surface area contributed by atoms with Crippen molar-refractivity contribution in [2.75, 3.05) is 38.1 Å². The largest absolute Gasteiger partial charge is 0.423 e. The number of anilines is 1. The summed E-state index contributed by atoms with van der Waals surface area (Å²) in [6.07, 6.45) is 3.69. The Hall–Kier alpha value is -1.62. The number of hydrogen-bond acceptors (Lipinski definition) is 4. The lowest BCUT2D eigenvalue weighted by molar-refractivity contribution is 0.141. The Morgan fingerprint density at radius 3 is 2.76 bits per heavy atom. The van der Waals surface area contributed by atoms with E-state index in [0.29, 0.717) is 22.5 Å². The zero-order valence-electron chi connectivity index (χ0n) is 12.3. The van der Waals surface area contributed by atoms with Gasteiger partial charge in [-0.3, -0.25) is 0 Å². The lowest BCUT2D eigenvalue weighted by atomic mass is 9.78. The Labute approximate surface area is 123 Å². The first-order valence-electron chi connectivity index (χ1n) is 7.63. The molecule has 2 fully saturated rings. The number of fused-ring (bicyclic) bond motifs is 1. The van der Waals surface area contributed by atoms with Crippen LogP contribution in [0.25, 0.3) is 11.1 Å². The quantitative estimate of drug-likeness (QED) is 0.808. The molecular formula is C16H20FN3O. The van der Waals surface area contributed by atoms with Gasteiger partial charge in [0, 0.05) is 19.2 Å². The molecule has 4 nitrogen and oxygen atoms in total. The highest BCUT2D eigenvalue weighted by molar-refractivity contribution is 5.74. The maximum atomic E-state index is 13.2. The van der Waals surface area contributed by atoms with Crippen molar-refractivity contribution in [3.05, 3.63) is 24.0 Å². The van der Waals surface area contributed by atoms with Crippen molar-refractivity contribution >= 4 is 17.1 Å². The SMILES string of the molecule is CN1CCC2(CC1)CCN(c1nc3cc(F)ccc3o1)C2. The van der Waals surface area contributed by atoms with E-state index in [1.54, 1.807) is 6.07 Å². The molecule has 0 aliphatic carbocycles. The molecule has 2 aliphatic rings. The smallest absolute Gasteiger partial charge is 0.298 e. The van der Waals surface area contributed by atoms with Gasteiger partial charge in [0.1, 0.15) is 11.3 Å². The number of halogens is 1. The molecule has 4 rings (SSSR count). The van der Waals surface area contributed by atoms with Crippen molar-refractivity contribution < 1.29 is 8.81 Å². The zero-order valence-corrected chi connectivity index (χ0v) is 12.3. The lowest BCUT2D eigenvalue weighted by Crippen LogP contribution is -2.39. The standard InChI is InChI=1S/C16H20FN3O/c1-19-7-4-16(5-8-19)6-9-20(11-16)15-18-13-10-12(17)2-3-14(13)21-15/h2-3,10H,4-9,11H2,1H3. The van der Waals surface area contributed by atoms with Crippen LogP contribution < -0.4 is 4.90 Å². The second-order valence-electron chi connectivity index (χ2n) is 6.58. The maximum absolute atomic E-state index is 13.2. The van der Waals surface area contributed by atoms with Crippen LogP contribution in [-0.4, -0.2) is 43.1 Å². The predicted molar refractivity (Wildman–Crippen MR) is 80.0 cm³/mol. The summed E-state index contributed by atoms with van der Waals surface area (Å²) in [6, 6.07) is 5.15. The molecule has 0 N–H and O–H groups in total. The second-order valence-corrected chi connectivity index (χ2v) is 6.58. The fourth-order valence-corrected chi connectivity index (χ4v) is 3.62. The van der Waals surface area contributed by atoms with Crippen molar-refractivity contribution in [1.82, 2.24) is 9.88 Å². The highest BCUT2D eigenvalue weighted by Gasteiger charge is 2.41. The third-order valence-corrected chi connectivity index (χ3v) is 5.09. The van der Waals surface area contributed by atoms with Crippen molar-refractivity contribution in [1.29, 1.82) is 0 Å². The van der Waals surface area contributed by atoms with Gasteiger partial charge in [-0.25, -0.2) is 4.39 Å². The fraction of sp³-hybridized carbons (Fsp3) is 0.562. The number of rotatable bonds is 1. The molecule has 2 saturated heterocycles. The molecule has 5 heteroatoms. The van der Waals surface area contributed by atoms with Gasteiger partial charge in [-0.1, -0.05) is 0 Å². The van der Waals surface area contributed by atoms with Crippen LogP contribution in [0.3, 0.4) is 0 Å². The number of likely N-dealkylation sites (tertiary alicyclic amines) is 1. The summed E-state index contributed by atoms with van der Waals surface area (Å²) in [4.78, 5) is 9.08. The van der Waals surface area contributed by atoms with Gasteiger partial charge in [-0.2, -0.15) is 4.98 Å². The summed E-state index contributed by atoms with van der Waals surface area (Å²) in [7, 11) is 2.19. The van der Waals surface area contributed by atoms with Gasteiger partial charge in [-0.05, 0) is 56.9 Å². The molecule has 0 bridgehead atoms. The van der Waals surface area contributed by atoms with E-state index >= 15 is 0 Å². The van der Waals surface area contributed by atoms with E-state index in [-0.39, 0.29) is 5.82 Å². The van der Waals surface area contributed by atoms with E-state index in [1.165, 1.54) is 44.5 Å². The highest BCUT2D eigenvalue weighted by Crippen LogP contribution is 2.41. The van der Waals surface area contributed by atoms with Gasteiger partial charge in [0.25, 0.3) is 6.01 Å². The Bertz CT molecular complexity index is 661. The monoisotopic (exact) mass is 289 g/mol. The van der Waals surface area contributed by atoms with Crippen LogP contribution in [0.1, 0.15) is 19.3 Å². The van der Waals surface area contributed by atoms with Crippen LogP contribution >= 0.6 is 0 Å². The molecule has 112 valence electrons. The molecule has 21 heavy (non-hydrogen) atoms. The van der Waals surface area contributed by atoms with Crippen LogP contribution in [0.4, 0.5) is 10.4 Å². The van der Waals surface area contributed by atoms with Gasteiger partial charge in [0.15, 0.2) is 5.58 Å². The van der Waals surface area contributed by atoms with Gasteiger partial charge >= 0.3 is 0 Å². The van der Waals surface area contributed by atoms with E-state index in [2.05, 4.69) is 21.8 Å². The lowest BCUT2D eigenvalue weighted by Gasteiger charge is -2.37. The third-order valence-electron chi connectivity index (χ3n) is 5.09. The summed E-state index contributed by atoms with van der Waals surface area (Å²) >= 11 is 0. The first-order valence-corrected chi connectivity index (χ1v) is 7.63. The maximum Gasteiger partial charge on any atom is 0.298 e. The minimum absolute atomic E-state index is 0.268. The Morgan fingerprint density at radius 1 is 1.19 bits per heavy atom. The van der Waals surface area contributed by atoms with Gasteiger partial charge in [-0.15, -0.1) is 0 Å². The Morgan fingerprint density at radius 2 is 1.95 bits per heavy atom. The third kappa shape index (κ3) is 2.29. The average Bonchev–Trinajstić information content (AvgIpc) is 3.06. The van der Waals surface area contributed by atoms with Gasteiger partial charge in [0.2, 0.25) is 0 Å². The Kier molecular flexibility index (Phi) is 2.92. The molecule has 2 aliphatic heterocycles. The molecule has 0 radical (unpaired) electrons. The van der Waals surface area contributed by atoms with E-state index in [9.17, 15) is 4.39 Å². The normalized spacial score (nSPS) is 22.5. The van der Waals surface area contributed by atoms with Gasteiger partial charge < -0.3 is 14.2 Å². The van der Waals surface area contributed by atoms with E-state index in [4.69, 9.17) is 4.42 Å². The number of benzene rings is 1. The second kappa shape index (κ2) is 4.70. The van der Waals surface area contributed by atoms with Crippen LogP contribution in [0.15, 0.2) is 22.6 Å². The minimum atomic E-state index is -0.268. The fourth-order valence-electron chi connectivity index (χ4n) is 3.62. The summed E-state index contributed by atoms with van der Waals surface area (Å²) in [5.74, 6) is -0.268. The first-order chi connectivity index (χ1) is 10.1. The first kappa shape index (κ1) is 13.1. The molecule has 1 spiro atoms. The molecule has 2 aromatic rings. The predicted octanol–water partition coefficient (Wildman–Crippen LogP) is 2.89. The van der Waals surface area contributed by atoms with Crippen LogP contribution in [0.2, 0.25) is 0 Å². The summed E-state index contributed by atoms with van der Waals surface area (Å²) in [6.45, 7) is 4.34. The summed E-state index contributed by atoms with van der Waals surface area (Å²) in [5, 5.41) is 0. The van der Waals surface area contributed by atoms with Crippen molar-refractivity contribution in [3.63, 3.8) is 0 Å². The summed E-state index contributed by atoms with van der Waals surface area (Å²) < 4.78 is 19.0. The van der Waals surface area contributed by atoms with Crippen molar-refractivity contribution in [3.8, 4) is 0 Å². The number of aromatic nitrogens is 1. The minimum Gasteiger partial charge on any atom is -0.423 e. The molecule has 1 aromatic carbocycles. The van der Waals surface area contributed by atoms with Crippen LogP contribution in [-0.2, 0) is 0 Å². The molecule has 0 amide bonds. The molecule has 0 atom stereocenters. The summed E-state index contributed by atoms with van der Waals surface area (Å²) in [5.41, 5.74) is 1.68.